The van der Waals surface area contributed by atoms with Crippen LogP contribution in [0.2, 0.25) is 0 Å². The molecular formula is C12H16O12. The Bertz CT molecular complexity index is 528. The number of aliphatic hydroxyl groups is 7. The Morgan fingerprint density at radius 3 is 2.29 bits per heavy atom. The third-order valence-electron chi connectivity index (χ3n) is 3.06. The highest BCUT2D eigenvalue weighted by Crippen LogP contribution is 2.24. The minimum Gasteiger partial charge on any atom is -0.505 e. The maximum Gasteiger partial charge on any atom is 0.378 e. The first-order valence-electron chi connectivity index (χ1n) is 6.48. The Morgan fingerprint density at radius 2 is 1.79 bits per heavy atom. The quantitative estimate of drug-likeness (QED) is 0.162. The average molecular weight is 352 g/mol. The molecule has 0 aromatic heterocycles. The van der Waals surface area contributed by atoms with E-state index >= 15 is 0 Å². The molecule has 0 spiro atoms. The first-order chi connectivity index (χ1) is 11.1. The molecule has 1 rings (SSSR count). The highest BCUT2D eigenvalue weighted by Gasteiger charge is 2.43. The van der Waals surface area contributed by atoms with Crippen LogP contribution in [0.4, 0.5) is 0 Å². The van der Waals surface area contributed by atoms with Gasteiger partial charge in [0, 0.05) is 0 Å². The molecule has 0 radical (unpaired) electrons. The normalized spacial score (nSPS) is 23.9. The summed E-state index contributed by atoms with van der Waals surface area (Å²) in [5.74, 6) is -5.26. The third-order valence-corrected chi connectivity index (χ3v) is 3.06. The van der Waals surface area contributed by atoms with E-state index in [-0.39, 0.29) is 6.29 Å². The largest absolute Gasteiger partial charge is 0.505 e. The minimum atomic E-state index is -2.50. The van der Waals surface area contributed by atoms with Crippen molar-refractivity contribution in [3.05, 3.63) is 11.5 Å². The lowest BCUT2D eigenvalue weighted by molar-refractivity contribution is -0.168. The lowest BCUT2D eigenvalue weighted by Gasteiger charge is -2.22. The molecule has 0 unspecified atom stereocenters. The number of hydrogen-bond acceptors (Lipinski definition) is 12. The molecule has 24 heavy (non-hydrogen) atoms. The zero-order chi connectivity index (χ0) is 18.6. The monoisotopic (exact) mass is 352 g/mol. The number of cyclic esters (lactones) is 1. The number of carbonyl (C=O) groups is 3. The van der Waals surface area contributed by atoms with Crippen LogP contribution in [-0.4, -0.2) is 97.2 Å². The Kier molecular flexibility index (Phi) is 6.77. The molecule has 0 fully saturated rings. The molecule has 0 aliphatic carbocycles. The van der Waals surface area contributed by atoms with Gasteiger partial charge in [0.15, 0.2) is 24.3 Å². The Balaban J connectivity index is 2.84. The van der Waals surface area contributed by atoms with Gasteiger partial charge in [0.1, 0.15) is 24.4 Å². The van der Waals surface area contributed by atoms with Gasteiger partial charge in [0.25, 0.3) is 5.76 Å². The van der Waals surface area contributed by atoms with E-state index in [0.717, 1.165) is 0 Å². The van der Waals surface area contributed by atoms with Crippen LogP contribution in [-0.2, 0) is 23.9 Å². The number of aliphatic hydroxyl groups excluding tert-OH is 7. The van der Waals surface area contributed by atoms with E-state index < -0.39 is 66.7 Å². The fourth-order valence-electron chi connectivity index (χ4n) is 1.68. The molecule has 1 aliphatic rings. The molecule has 0 saturated carbocycles. The molecule has 1 heterocycles. The lowest BCUT2D eigenvalue weighted by Crippen LogP contribution is -2.48. The fourth-order valence-corrected chi connectivity index (χ4v) is 1.68. The first kappa shape index (κ1) is 20.0. The van der Waals surface area contributed by atoms with E-state index in [1.807, 2.05) is 0 Å². The van der Waals surface area contributed by atoms with Crippen LogP contribution in [0.5, 0.6) is 0 Å². The smallest absolute Gasteiger partial charge is 0.378 e. The average Bonchev–Trinajstić information content (AvgIpc) is 2.86. The zero-order valence-electron chi connectivity index (χ0n) is 11.9. The number of hydrogen-bond donors (Lipinski definition) is 7. The summed E-state index contributed by atoms with van der Waals surface area (Å²) in [6.07, 6.45) is -12.7. The Labute approximate surface area is 133 Å². The van der Waals surface area contributed by atoms with Gasteiger partial charge in [-0.15, -0.1) is 0 Å². The number of aldehydes is 1. The molecule has 0 saturated heterocycles. The number of esters is 2. The van der Waals surface area contributed by atoms with Crippen LogP contribution < -0.4 is 0 Å². The molecular weight excluding hydrogens is 336 g/mol. The van der Waals surface area contributed by atoms with E-state index in [4.69, 9.17) is 10.2 Å². The second-order valence-electron chi connectivity index (χ2n) is 4.76. The highest BCUT2D eigenvalue weighted by atomic mass is 16.6. The molecule has 0 amide bonds. The maximum atomic E-state index is 11.6. The summed E-state index contributed by atoms with van der Waals surface area (Å²) in [5.41, 5.74) is 0. The molecule has 6 atom stereocenters. The van der Waals surface area contributed by atoms with E-state index in [9.17, 15) is 39.9 Å². The summed E-state index contributed by atoms with van der Waals surface area (Å²) in [4.78, 5) is 33.3. The summed E-state index contributed by atoms with van der Waals surface area (Å²) in [6.45, 7) is -0.889. The molecule has 1 aliphatic heterocycles. The minimum absolute atomic E-state index is 0.157. The van der Waals surface area contributed by atoms with Crippen LogP contribution in [0.3, 0.4) is 0 Å². The molecule has 12 heteroatoms. The first-order valence-corrected chi connectivity index (χ1v) is 6.48. The third kappa shape index (κ3) is 4.05. The standard InChI is InChI=1S/C12H16O12/c13-1-3(15)5(17)6(18)7(19)11(21)24-10-8(20)9(4(16)2-14)23-12(10)22/h1,3-7,9,14-20H,2H2/t3-,4-,5+,6-,7-,9+/m0/s1. The van der Waals surface area contributed by atoms with E-state index in [1.54, 1.807) is 0 Å². The van der Waals surface area contributed by atoms with Crippen molar-refractivity contribution >= 4 is 18.2 Å². The van der Waals surface area contributed by atoms with E-state index in [2.05, 4.69) is 9.47 Å². The van der Waals surface area contributed by atoms with Crippen molar-refractivity contribution in [2.75, 3.05) is 6.61 Å². The van der Waals surface area contributed by atoms with E-state index in [1.165, 1.54) is 0 Å². The van der Waals surface area contributed by atoms with Crippen molar-refractivity contribution in [2.45, 2.75) is 36.6 Å². The molecule has 12 nitrogen and oxygen atoms in total. The van der Waals surface area contributed by atoms with E-state index in [0.29, 0.717) is 0 Å². The zero-order valence-corrected chi connectivity index (χ0v) is 11.9. The number of rotatable bonds is 8. The number of carbonyl (C=O) groups excluding carboxylic acids is 3. The van der Waals surface area contributed by atoms with Crippen molar-refractivity contribution in [2.24, 2.45) is 0 Å². The van der Waals surface area contributed by atoms with Crippen LogP contribution in [0.1, 0.15) is 0 Å². The van der Waals surface area contributed by atoms with Gasteiger partial charge in [-0.2, -0.15) is 0 Å². The summed E-state index contributed by atoms with van der Waals surface area (Å²) in [7, 11) is 0. The molecule has 0 aromatic rings. The van der Waals surface area contributed by atoms with Crippen LogP contribution in [0, 0.1) is 0 Å². The highest BCUT2D eigenvalue weighted by molar-refractivity contribution is 5.93. The number of ether oxygens (including phenoxy) is 2. The van der Waals surface area contributed by atoms with Crippen LogP contribution >= 0.6 is 0 Å². The van der Waals surface area contributed by atoms with Crippen molar-refractivity contribution in [1.82, 2.24) is 0 Å². The SMILES string of the molecule is O=C[C@H](O)[C@@H](O)[C@H](O)[C@H](O)C(=O)OC1=C(O)[C@@H]([C@@H](O)CO)OC1=O. The second kappa shape index (κ2) is 8.14. The summed E-state index contributed by atoms with van der Waals surface area (Å²) < 4.78 is 8.79. The second-order valence-corrected chi connectivity index (χ2v) is 4.76. The molecule has 136 valence electrons. The van der Waals surface area contributed by atoms with Gasteiger partial charge >= 0.3 is 11.9 Å². The van der Waals surface area contributed by atoms with Crippen molar-refractivity contribution < 1.29 is 59.6 Å². The van der Waals surface area contributed by atoms with Gasteiger partial charge in [-0.1, -0.05) is 0 Å². The van der Waals surface area contributed by atoms with Crippen molar-refractivity contribution in [1.29, 1.82) is 0 Å². The topological polar surface area (TPSA) is 211 Å². The predicted molar refractivity (Wildman–Crippen MR) is 68.8 cm³/mol. The fraction of sp³-hybridized carbons (Fsp3) is 0.583. The summed E-state index contributed by atoms with van der Waals surface area (Å²) >= 11 is 0. The van der Waals surface area contributed by atoms with Gasteiger partial charge in [0.2, 0.25) is 0 Å². The molecule has 7 N–H and O–H groups in total. The van der Waals surface area contributed by atoms with Crippen LogP contribution in [0.15, 0.2) is 11.5 Å². The van der Waals surface area contributed by atoms with Crippen molar-refractivity contribution in [3.8, 4) is 0 Å². The Hall–Kier alpha value is -2.09. The molecule has 0 aromatic carbocycles. The lowest BCUT2D eigenvalue weighted by atomic mass is 10.0. The van der Waals surface area contributed by atoms with Gasteiger partial charge in [0.05, 0.1) is 6.61 Å². The van der Waals surface area contributed by atoms with Gasteiger partial charge < -0.3 is 50.0 Å². The Morgan fingerprint density at radius 1 is 1.21 bits per heavy atom. The summed E-state index contributed by atoms with van der Waals surface area (Å²) in [5, 5.41) is 64.9. The van der Waals surface area contributed by atoms with Gasteiger partial charge in [-0.05, 0) is 0 Å². The summed E-state index contributed by atoms with van der Waals surface area (Å²) in [6, 6.07) is 0. The van der Waals surface area contributed by atoms with Crippen LogP contribution in [0.25, 0.3) is 0 Å². The maximum absolute atomic E-state index is 11.6. The van der Waals surface area contributed by atoms with Gasteiger partial charge in [-0.3, -0.25) is 0 Å². The molecule has 0 bridgehead atoms. The van der Waals surface area contributed by atoms with Crippen molar-refractivity contribution in [3.63, 3.8) is 0 Å². The predicted octanol–water partition coefficient (Wildman–Crippen LogP) is -4.78. The van der Waals surface area contributed by atoms with Gasteiger partial charge in [-0.25, -0.2) is 9.59 Å².